The molecule has 0 fully saturated rings. The van der Waals surface area contributed by atoms with Crippen molar-refractivity contribution in [1.82, 2.24) is 9.88 Å². The highest BCUT2D eigenvalue weighted by atomic mass is 16.5. The number of pyridine rings is 1. The molecule has 110 valence electrons. The molecular weight excluding hydrogens is 266 g/mol. The molecule has 2 aromatic rings. The van der Waals surface area contributed by atoms with Crippen LogP contribution in [0.25, 0.3) is 0 Å². The minimum atomic E-state index is -0.123. The fraction of sp³-hybridized carbons (Fsp3) is 0.250. The molecular formula is C16H19N3O2. The second-order valence-corrected chi connectivity index (χ2v) is 4.67. The number of aromatic nitrogens is 1. The van der Waals surface area contributed by atoms with E-state index in [0.29, 0.717) is 30.2 Å². The number of anilines is 1. The number of benzene rings is 1. The van der Waals surface area contributed by atoms with Gasteiger partial charge in [-0.3, -0.25) is 9.78 Å². The van der Waals surface area contributed by atoms with E-state index in [2.05, 4.69) is 4.98 Å². The maximum absolute atomic E-state index is 12.6. The average molecular weight is 285 g/mol. The maximum Gasteiger partial charge on any atom is 0.257 e. The number of ether oxygens (including phenoxy) is 1. The van der Waals surface area contributed by atoms with Gasteiger partial charge in [0.15, 0.2) is 5.75 Å². The van der Waals surface area contributed by atoms with Crippen molar-refractivity contribution >= 4 is 11.6 Å². The summed E-state index contributed by atoms with van der Waals surface area (Å²) in [6.45, 7) is 2.83. The van der Waals surface area contributed by atoms with Gasteiger partial charge in [0, 0.05) is 26.0 Å². The molecule has 0 saturated carbocycles. The fourth-order valence-corrected chi connectivity index (χ4v) is 2.07. The lowest BCUT2D eigenvalue weighted by Crippen LogP contribution is -2.27. The zero-order chi connectivity index (χ0) is 15.2. The van der Waals surface area contributed by atoms with Crippen LogP contribution in [0.3, 0.4) is 0 Å². The molecule has 0 bridgehead atoms. The Bertz CT molecular complexity index is 614. The molecule has 0 aliphatic carbocycles. The number of nitrogen functional groups attached to an aromatic ring is 1. The van der Waals surface area contributed by atoms with E-state index in [1.165, 1.54) is 0 Å². The maximum atomic E-state index is 12.6. The first-order valence-electron chi connectivity index (χ1n) is 6.79. The first kappa shape index (κ1) is 14.8. The largest absolute Gasteiger partial charge is 0.491 e. The van der Waals surface area contributed by atoms with Crippen molar-refractivity contribution in [1.29, 1.82) is 0 Å². The van der Waals surface area contributed by atoms with Crippen LogP contribution in [0.5, 0.6) is 5.75 Å². The van der Waals surface area contributed by atoms with E-state index in [4.69, 9.17) is 10.5 Å². The lowest BCUT2D eigenvalue weighted by atomic mass is 10.1. The lowest BCUT2D eigenvalue weighted by molar-refractivity contribution is 0.0781. The van der Waals surface area contributed by atoms with Crippen molar-refractivity contribution in [3.63, 3.8) is 0 Å². The van der Waals surface area contributed by atoms with Gasteiger partial charge in [0.2, 0.25) is 0 Å². The van der Waals surface area contributed by atoms with Crippen LogP contribution in [0.15, 0.2) is 42.7 Å². The van der Waals surface area contributed by atoms with E-state index in [1.807, 2.05) is 19.1 Å². The molecule has 0 saturated heterocycles. The molecule has 0 spiro atoms. The molecule has 5 heteroatoms. The monoisotopic (exact) mass is 285 g/mol. The third-order valence-electron chi connectivity index (χ3n) is 3.08. The molecule has 2 rings (SSSR count). The van der Waals surface area contributed by atoms with Crippen LogP contribution in [0, 0.1) is 0 Å². The molecule has 1 aromatic carbocycles. The van der Waals surface area contributed by atoms with E-state index in [-0.39, 0.29) is 5.91 Å². The van der Waals surface area contributed by atoms with Crippen LogP contribution in [-0.2, 0) is 6.54 Å². The smallest absolute Gasteiger partial charge is 0.257 e. The van der Waals surface area contributed by atoms with Gasteiger partial charge in [0.25, 0.3) is 5.91 Å². The molecule has 0 unspecified atom stereocenters. The summed E-state index contributed by atoms with van der Waals surface area (Å²) in [4.78, 5) is 18.2. The molecule has 1 amide bonds. The molecule has 1 heterocycles. The summed E-state index contributed by atoms with van der Waals surface area (Å²) in [5.41, 5.74) is 7.86. The van der Waals surface area contributed by atoms with Crippen molar-refractivity contribution in [2.75, 3.05) is 19.4 Å². The van der Waals surface area contributed by atoms with Crippen molar-refractivity contribution in [2.45, 2.75) is 13.5 Å². The van der Waals surface area contributed by atoms with Gasteiger partial charge in [-0.1, -0.05) is 6.07 Å². The number of hydrogen-bond donors (Lipinski definition) is 1. The zero-order valence-corrected chi connectivity index (χ0v) is 12.2. The number of amides is 1. The van der Waals surface area contributed by atoms with Crippen LogP contribution in [0.4, 0.5) is 5.69 Å². The Morgan fingerprint density at radius 1 is 1.29 bits per heavy atom. The van der Waals surface area contributed by atoms with Crippen molar-refractivity contribution in [3.8, 4) is 5.75 Å². The van der Waals surface area contributed by atoms with Gasteiger partial charge in [-0.25, -0.2) is 0 Å². The number of nitrogens with zero attached hydrogens (tertiary/aromatic N) is 2. The van der Waals surface area contributed by atoms with Crippen molar-refractivity contribution < 1.29 is 9.53 Å². The zero-order valence-electron chi connectivity index (χ0n) is 12.2. The van der Waals surface area contributed by atoms with E-state index >= 15 is 0 Å². The average Bonchev–Trinajstić information content (AvgIpc) is 2.50. The number of carbonyl (C=O) groups is 1. The number of para-hydroxylation sites is 1. The van der Waals surface area contributed by atoms with E-state index in [1.54, 1.807) is 42.5 Å². The molecule has 0 atom stereocenters. The first-order valence-corrected chi connectivity index (χ1v) is 6.79. The predicted octanol–water partition coefficient (Wildman–Crippen LogP) is 2.33. The Morgan fingerprint density at radius 3 is 2.67 bits per heavy atom. The standard InChI is InChI=1S/C16H19N3O2/c1-3-21-15-13(5-4-6-14(15)17)16(20)19(2)11-12-7-9-18-10-8-12/h4-10H,3,11,17H2,1-2H3. The van der Waals surface area contributed by atoms with E-state index < -0.39 is 0 Å². The Labute approximate surface area is 124 Å². The summed E-state index contributed by atoms with van der Waals surface area (Å²) in [6.07, 6.45) is 3.42. The summed E-state index contributed by atoms with van der Waals surface area (Å²) in [6, 6.07) is 8.97. The van der Waals surface area contributed by atoms with Gasteiger partial charge in [-0.05, 0) is 36.8 Å². The molecule has 0 aliphatic heterocycles. The highest BCUT2D eigenvalue weighted by Gasteiger charge is 2.18. The fourth-order valence-electron chi connectivity index (χ4n) is 2.07. The third-order valence-corrected chi connectivity index (χ3v) is 3.08. The minimum absolute atomic E-state index is 0.123. The normalized spacial score (nSPS) is 10.2. The van der Waals surface area contributed by atoms with E-state index in [0.717, 1.165) is 5.56 Å². The highest BCUT2D eigenvalue weighted by molar-refractivity contribution is 5.98. The van der Waals surface area contributed by atoms with Crippen LogP contribution in [-0.4, -0.2) is 29.4 Å². The topological polar surface area (TPSA) is 68.5 Å². The lowest BCUT2D eigenvalue weighted by Gasteiger charge is -2.19. The van der Waals surface area contributed by atoms with Gasteiger partial charge in [0.1, 0.15) is 0 Å². The Morgan fingerprint density at radius 2 is 2.00 bits per heavy atom. The molecule has 5 nitrogen and oxygen atoms in total. The highest BCUT2D eigenvalue weighted by Crippen LogP contribution is 2.27. The molecule has 0 aliphatic rings. The summed E-state index contributed by atoms with van der Waals surface area (Å²) in [7, 11) is 1.75. The van der Waals surface area contributed by atoms with Gasteiger partial charge in [-0.2, -0.15) is 0 Å². The number of rotatable bonds is 5. The third kappa shape index (κ3) is 3.51. The summed E-state index contributed by atoms with van der Waals surface area (Å²) < 4.78 is 5.51. The van der Waals surface area contributed by atoms with Crippen LogP contribution in [0.2, 0.25) is 0 Å². The number of carbonyl (C=O) groups excluding carboxylic acids is 1. The quantitative estimate of drug-likeness (QED) is 0.856. The SMILES string of the molecule is CCOc1c(N)cccc1C(=O)N(C)Cc1ccncc1. The van der Waals surface area contributed by atoms with Crippen molar-refractivity contribution in [3.05, 3.63) is 53.9 Å². The minimum Gasteiger partial charge on any atom is -0.491 e. The Hall–Kier alpha value is -2.56. The van der Waals surface area contributed by atoms with Gasteiger partial charge in [-0.15, -0.1) is 0 Å². The molecule has 21 heavy (non-hydrogen) atoms. The number of hydrogen-bond acceptors (Lipinski definition) is 4. The van der Waals surface area contributed by atoms with Gasteiger partial charge in [0.05, 0.1) is 17.9 Å². The van der Waals surface area contributed by atoms with Crippen LogP contribution in [0.1, 0.15) is 22.8 Å². The predicted molar refractivity (Wildman–Crippen MR) is 82.1 cm³/mol. The van der Waals surface area contributed by atoms with Crippen LogP contribution < -0.4 is 10.5 Å². The Kier molecular flexibility index (Phi) is 4.77. The molecule has 1 aromatic heterocycles. The van der Waals surface area contributed by atoms with Crippen LogP contribution >= 0.6 is 0 Å². The molecule has 0 radical (unpaired) electrons. The van der Waals surface area contributed by atoms with Gasteiger partial charge < -0.3 is 15.4 Å². The summed E-state index contributed by atoms with van der Waals surface area (Å²) in [5, 5.41) is 0. The second kappa shape index (κ2) is 6.74. The summed E-state index contributed by atoms with van der Waals surface area (Å²) >= 11 is 0. The summed E-state index contributed by atoms with van der Waals surface area (Å²) in [5.74, 6) is 0.328. The first-order chi connectivity index (χ1) is 10.1. The van der Waals surface area contributed by atoms with Crippen molar-refractivity contribution in [2.24, 2.45) is 0 Å². The number of nitrogens with two attached hydrogens (primary N) is 1. The Balaban J connectivity index is 2.21. The van der Waals surface area contributed by atoms with Gasteiger partial charge >= 0.3 is 0 Å². The second-order valence-electron chi connectivity index (χ2n) is 4.67. The molecule has 2 N–H and O–H groups in total. The van der Waals surface area contributed by atoms with E-state index in [9.17, 15) is 4.79 Å².